The van der Waals surface area contributed by atoms with Crippen molar-refractivity contribution in [2.24, 2.45) is 4.99 Å². The van der Waals surface area contributed by atoms with Crippen LogP contribution >= 0.6 is 23.2 Å². The van der Waals surface area contributed by atoms with Gasteiger partial charge in [-0.25, -0.2) is 9.98 Å². The van der Waals surface area contributed by atoms with Gasteiger partial charge in [-0.3, -0.25) is 9.59 Å². The molecule has 4 aromatic rings. The Morgan fingerprint density at radius 1 is 0.912 bits per heavy atom. The fourth-order valence-electron chi connectivity index (χ4n) is 6.61. The number of nitrogens with one attached hydrogen (secondary N) is 1. The first kappa shape index (κ1) is 41.1. The number of halogens is 2. The van der Waals surface area contributed by atoms with Crippen molar-refractivity contribution in [1.82, 2.24) is 30.7 Å². The molecule has 2 saturated carbocycles. The molecule has 1 aromatic carbocycles. The lowest BCUT2D eigenvalue weighted by atomic mass is 9.93. The van der Waals surface area contributed by atoms with E-state index in [1.807, 2.05) is 52.0 Å². The summed E-state index contributed by atoms with van der Waals surface area (Å²) in [7, 11) is 0. The number of ether oxygens (including phenoxy) is 2. The Bertz CT molecular complexity index is 2210. The van der Waals surface area contributed by atoms with E-state index in [0.717, 1.165) is 55.5 Å². The molecule has 0 saturated heterocycles. The Morgan fingerprint density at radius 3 is 2.25 bits per heavy atom. The molecule has 2 aliphatic rings. The highest BCUT2D eigenvalue weighted by atomic mass is 35.5. The topological polar surface area (TPSA) is 170 Å². The molecule has 2 fully saturated rings. The summed E-state index contributed by atoms with van der Waals surface area (Å²) < 4.78 is 12.3. The van der Waals surface area contributed by atoms with Gasteiger partial charge in [0.25, 0.3) is 18.4 Å². The minimum absolute atomic E-state index is 0.00431. The number of hydrogen-bond acceptors (Lipinski definition) is 10. The van der Waals surface area contributed by atoms with Crippen LogP contribution in [0, 0.1) is 24.3 Å². The maximum absolute atomic E-state index is 12.9. The van der Waals surface area contributed by atoms with E-state index in [0.29, 0.717) is 47.2 Å². The number of nitriles is 1. The molecule has 3 heterocycles. The highest BCUT2D eigenvalue weighted by Gasteiger charge is 2.26. The SMILES string of the molecule is Cc1c(OC2CCC(=NC(=O)c3ccc(C(C)C)nn3)CC2)ccc(C#[N+]CC(C)c2ccc(C(=O)NC3CCC(Oc4cnc(C#N)c(Cl)c4)CC3)nn2)c1Cl. The van der Waals surface area contributed by atoms with Gasteiger partial charge in [0.15, 0.2) is 17.1 Å². The lowest BCUT2D eigenvalue weighted by molar-refractivity contribution is 0.0887. The van der Waals surface area contributed by atoms with E-state index >= 15 is 0 Å². The van der Waals surface area contributed by atoms with E-state index in [-0.39, 0.29) is 64.0 Å². The number of benzene rings is 1. The summed E-state index contributed by atoms with van der Waals surface area (Å²) in [6, 6.07) is 17.3. The predicted molar refractivity (Wildman–Crippen MR) is 217 cm³/mol. The fraction of sp³-hybridized carbons (Fsp3) is 0.429. The number of aromatic nitrogens is 5. The van der Waals surface area contributed by atoms with Crippen molar-refractivity contribution in [2.45, 2.75) is 109 Å². The highest BCUT2D eigenvalue weighted by Crippen LogP contribution is 2.32. The van der Waals surface area contributed by atoms with Crippen LogP contribution in [-0.2, 0) is 0 Å². The number of hydrogen-bond donors (Lipinski definition) is 1. The van der Waals surface area contributed by atoms with Gasteiger partial charge < -0.3 is 14.8 Å². The number of carbonyl (C=O) groups is 2. The van der Waals surface area contributed by atoms with Gasteiger partial charge in [-0.15, -0.1) is 10.2 Å². The molecule has 1 atom stereocenters. The standard InChI is InChI=1S/C42H43Cl2N9O4/c1-24(2)34-14-16-36(52-50-34)41(54)49-29-8-12-31(13-9-29)57-39-18-5-27(40(44)26(39)4)22-46-21-25(3)35-15-17-37(53-51-35)42(55)48-28-6-10-30(11-7-28)56-32-19-33(43)38(20-45)47-23-32/h5,14-19,23-25,28,30-31H,6-13,21H2,1-4H3/p+1. The average Bonchev–Trinajstić information content (AvgIpc) is 3.22. The second-order valence-corrected chi connectivity index (χ2v) is 15.5. The predicted octanol–water partition coefficient (Wildman–Crippen LogP) is 8.48. The number of aliphatic imine (C=N–C) groups is 1. The monoisotopic (exact) mass is 808 g/mol. The van der Waals surface area contributed by atoms with E-state index < -0.39 is 0 Å². The summed E-state index contributed by atoms with van der Waals surface area (Å²) in [6.45, 7) is 8.34. The van der Waals surface area contributed by atoms with Crippen LogP contribution in [0.5, 0.6) is 11.5 Å². The first-order chi connectivity index (χ1) is 27.5. The quantitative estimate of drug-likeness (QED) is 0.164. The van der Waals surface area contributed by atoms with Crippen molar-refractivity contribution >= 4 is 40.7 Å². The van der Waals surface area contributed by atoms with Gasteiger partial charge in [-0.05, 0) is 108 Å². The Labute approximate surface area is 342 Å². The Balaban J connectivity index is 0.937. The Kier molecular flexibility index (Phi) is 13.8. The summed E-state index contributed by atoms with van der Waals surface area (Å²) in [5, 5.41) is 29.5. The van der Waals surface area contributed by atoms with E-state index in [9.17, 15) is 9.59 Å². The Hall–Kier alpha value is -5.50. The molecule has 0 aliphatic heterocycles. The van der Waals surface area contributed by atoms with Crippen molar-refractivity contribution < 1.29 is 19.1 Å². The molecule has 0 spiro atoms. The normalized spacial score (nSPS) is 18.4. The van der Waals surface area contributed by atoms with Crippen molar-refractivity contribution in [3.8, 4) is 23.6 Å². The van der Waals surface area contributed by atoms with E-state index in [1.165, 1.54) is 6.20 Å². The molecule has 0 radical (unpaired) electrons. The first-order valence-corrected chi connectivity index (χ1v) is 19.9. The van der Waals surface area contributed by atoms with Gasteiger partial charge in [-0.1, -0.05) is 41.9 Å². The fourth-order valence-corrected chi connectivity index (χ4v) is 7.01. The van der Waals surface area contributed by atoms with Gasteiger partial charge in [0, 0.05) is 23.4 Å². The van der Waals surface area contributed by atoms with Crippen LogP contribution in [0.25, 0.3) is 4.85 Å². The summed E-state index contributed by atoms with van der Waals surface area (Å²) in [5.41, 5.74) is 4.50. The molecule has 13 nitrogen and oxygen atoms in total. The summed E-state index contributed by atoms with van der Waals surface area (Å²) in [5.74, 6) is 0.747. The maximum Gasteiger partial charge on any atom is 0.312 e. The molecule has 57 heavy (non-hydrogen) atoms. The number of nitrogens with zero attached hydrogens (tertiary/aromatic N) is 8. The molecule has 15 heteroatoms. The van der Waals surface area contributed by atoms with Crippen molar-refractivity contribution in [3.05, 3.63) is 103 Å². The van der Waals surface area contributed by atoms with Crippen LogP contribution < -0.4 is 14.8 Å². The number of amides is 2. The molecule has 6 rings (SSSR count). The van der Waals surface area contributed by atoms with Gasteiger partial charge in [-0.2, -0.15) is 15.5 Å². The molecule has 2 aliphatic carbocycles. The number of rotatable bonds is 10. The van der Waals surface area contributed by atoms with Crippen LogP contribution in [0.1, 0.15) is 133 Å². The third kappa shape index (κ3) is 10.9. The zero-order valence-electron chi connectivity index (χ0n) is 32.3. The largest absolute Gasteiger partial charge is 0.490 e. The van der Waals surface area contributed by atoms with E-state index in [4.69, 9.17) is 37.9 Å². The highest BCUT2D eigenvalue weighted by molar-refractivity contribution is 6.32. The second-order valence-electron chi connectivity index (χ2n) is 14.7. The molecule has 1 unspecified atom stereocenters. The van der Waals surface area contributed by atoms with Gasteiger partial charge >= 0.3 is 6.07 Å². The van der Waals surface area contributed by atoms with Gasteiger partial charge in [0.1, 0.15) is 23.1 Å². The summed E-state index contributed by atoms with van der Waals surface area (Å²) in [6.07, 6.45) is 7.23. The number of carbonyl (C=O) groups excluding carboxylic acids is 2. The van der Waals surface area contributed by atoms with Crippen LogP contribution in [0.2, 0.25) is 10.0 Å². The zero-order valence-corrected chi connectivity index (χ0v) is 33.8. The van der Waals surface area contributed by atoms with E-state index in [2.05, 4.69) is 46.6 Å². The lowest BCUT2D eigenvalue weighted by Gasteiger charge is -2.29. The lowest BCUT2D eigenvalue weighted by Crippen LogP contribution is -2.40. The zero-order chi connectivity index (χ0) is 40.5. The first-order valence-electron chi connectivity index (χ1n) is 19.2. The Morgan fingerprint density at radius 2 is 1.60 bits per heavy atom. The molecule has 3 aromatic heterocycles. The van der Waals surface area contributed by atoms with Crippen molar-refractivity contribution in [1.29, 1.82) is 5.26 Å². The van der Waals surface area contributed by atoms with E-state index in [1.54, 1.807) is 24.3 Å². The van der Waals surface area contributed by atoms with Gasteiger partial charge in [0.05, 0.1) is 45.8 Å². The summed E-state index contributed by atoms with van der Waals surface area (Å²) in [4.78, 5) is 38.4. The van der Waals surface area contributed by atoms with Crippen LogP contribution in [0.4, 0.5) is 0 Å². The van der Waals surface area contributed by atoms with Crippen LogP contribution in [0.15, 0.2) is 53.7 Å². The molecule has 294 valence electrons. The van der Waals surface area contributed by atoms with Crippen LogP contribution in [0.3, 0.4) is 0 Å². The third-order valence-corrected chi connectivity index (χ3v) is 10.9. The minimum Gasteiger partial charge on any atom is -0.490 e. The average molecular weight is 810 g/mol. The van der Waals surface area contributed by atoms with Crippen molar-refractivity contribution in [3.63, 3.8) is 0 Å². The smallest absolute Gasteiger partial charge is 0.312 e. The maximum atomic E-state index is 12.9. The number of pyridine rings is 1. The molecule has 2 amide bonds. The summed E-state index contributed by atoms with van der Waals surface area (Å²) >= 11 is 12.8. The second kappa shape index (κ2) is 19.1. The minimum atomic E-state index is -0.367. The molecule has 1 N–H and O–H groups in total. The van der Waals surface area contributed by atoms with Crippen LogP contribution in [-0.4, -0.2) is 67.7 Å². The van der Waals surface area contributed by atoms with Crippen molar-refractivity contribution in [2.75, 3.05) is 6.54 Å². The van der Waals surface area contributed by atoms with Gasteiger partial charge in [0.2, 0.25) is 0 Å². The third-order valence-electron chi connectivity index (χ3n) is 10.1. The molecular formula is C42H44Cl2N9O4+. The molecule has 0 bridgehead atoms. The molecular weight excluding hydrogens is 765 g/mol.